The van der Waals surface area contributed by atoms with Crippen molar-refractivity contribution in [3.8, 4) is 0 Å². The van der Waals surface area contributed by atoms with Crippen LogP contribution in [0.4, 0.5) is 0 Å². The number of aliphatic hydroxyl groups is 1. The number of ether oxygens (including phenoxy) is 2. The molecule has 0 spiro atoms. The molecule has 1 aliphatic heterocycles. The third-order valence-electron chi connectivity index (χ3n) is 5.89. The number of hydrogen-bond acceptors (Lipinski definition) is 7. The van der Waals surface area contributed by atoms with Gasteiger partial charge in [-0.2, -0.15) is 0 Å². The maximum atomic E-state index is 13.2. The molecule has 1 heterocycles. The lowest BCUT2D eigenvalue weighted by Crippen LogP contribution is -2.35. The summed E-state index contributed by atoms with van der Waals surface area (Å²) in [5.74, 6) is -3.94. The standard InChI is InChI=1S/C26H25Cl2NO7/c1-35-25(33)22-18(11-10-14-6-3-4-7-15(14)13-30)29-19(12-20(31)32)23(26(34)36-2)24(22)21-16(27)8-5-9-17(21)28/h3-9,24,29-30H,10-13H2,1-2H3,(H,31,32). The number of nitrogens with one attached hydrogen (secondary N) is 1. The maximum absolute atomic E-state index is 13.2. The first-order valence-electron chi connectivity index (χ1n) is 11.0. The topological polar surface area (TPSA) is 122 Å². The summed E-state index contributed by atoms with van der Waals surface area (Å²) in [7, 11) is 2.36. The first-order valence-corrected chi connectivity index (χ1v) is 11.7. The molecule has 3 N–H and O–H groups in total. The highest BCUT2D eigenvalue weighted by Gasteiger charge is 2.41. The maximum Gasteiger partial charge on any atom is 0.336 e. The molecule has 10 heteroatoms. The Hall–Kier alpha value is -3.33. The molecule has 3 rings (SSSR count). The van der Waals surface area contributed by atoms with Gasteiger partial charge < -0.3 is 25.0 Å². The van der Waals surface area contributed by atoms with Crippen molar-refractivity contribution in [2.75, 3.05) is 14.2 Å². The summed E-state index contributed by atoms with van der Waals surface area (Å²) < 4.78 is 10.0. The van der Waals surface area contributed by atoms with Crippen LogP contribution in [0.25, 0.3) is 0 Å². The van der Waals surface area contributed by atoms with Crippen LogP contribution in [-0.2, 0) is 36.9 Å². The predicted molar refractivity (Wildman–Crippen MR) is 133 cm³/mol. The molecule has 0 bridgehead atoms. The molecule has 190 valence electrons. The van der Waals surface area contributed by atoms with Gasteiger partial charge in [0, 0.05) is 27.0 Å². The second-order valence-electron chi connectivity index (χ2n) is 7.96. The van der Waals surface area contributed by atoms with E-state index in [4.69, 9.17) is 32.7 Å². The Morgan fingerprint density at radius 1 is 0.861 bits per heavy atom. The number of methoxy groups -OCH3 is 2. The minimum absolute atomic E-state index is 0.0495. The smallest absolute Gasteiger partial charge is 0.336 e. The quantitative estimate of drug-likeness (QED) is 0.411. The first-order chi connectivity index (χ1) is 17.2. The van der Waals surface area contributed by atoms with Crippen molar-refractivity contribution in [3.05, 3.63) is 91.7 Å². The fourth-order valence-corrected chi connectivity index (χ4v) is 4.91. The summed E-state index contributed by atoms with van der Waals surface area (Å²) in [6, 6.07) is 12.0. The lowest BCUT2D eigenvalue weighted by molar-refractivity contribution is -0.137. The lowest BCUT2D eigenvalue weighted by atomic mass is 9.78. The number of carbonyl (C=O) groups is 3. The molecular weight excluding hydrogens is 509 g/mol. The van der Waals surface area contributed by atoms with Crippen LogP contribution in [0.15, 0.2) is 65.0 Å². The van der Waals surface area contributed by atoms with Crippen LogP contribution in [0, 0.1) is 0 Å². The molecule has 1 aliphatic rings. The van der Waals surface area contributed by atoms with E-state index in [0.29, 0.717) is 12.1 Å². The van der Waals surface area contributed by atoms with Gasteiger partial charge in [0.2, 0.25) is 0 Å². The number of carboxylic acid groups (broad SMARTS) is 1. The second kappa shape index (κ2) is 12.1. The zero-order chi connectivity index (χ0) is 26.4. The molecule has 1 unspecified atom stereocenters. The van der Waals surface area contributed by atoms with E-state index in [0.717, 1.165) is 18.2 Å². The van der Waals surface area contributed by atoms with Gasteiger partial charge in [-0.3, -0.25) is 4.79 Å². The van der Waals surface area contributed by atoms with Crippen molar-refractivity contribution in [1.29, 1.82) is 0 Å². The Kier molecular flexibility index (Phi) is 9.14. The number of carboxylic acids is 1. The number of rotatable bonds is 9. The highest BCUT2D eigenvalue weighted by molar-refractivity contribution is 6.36. The Morgan fingerprint density at radius 2 is 1.42 bits per heavy atom. The van der Waals surface area contributed by atoms with Crippen LogP contribution in [0.2, 0.25) is 10.0 Å². The van der Waals surface area contributed by atoms with E-state index in [2.05, 4.69) is 5.32 Å². The number of aliphatic hydroxyl groups excluding tert-OH is 1. The molecule has 0 amide bonds. The van der Waals surface area contributed by atoms with Crippen LogP contribution >= 0.6 is 23.2 Å². The Labute approximate surface area is 218 Å². The molecule has 2 aromatic rings. The number of halogens is 2. The van der Waals surface area contributed by atoms with Crippen LogP contribution in [0.5, 0.6) is 0 Å². The molecule has 36 heavy (non-hydrogen) atoms. The van der Waals surface area contributed by atoms with Gasteiger partial charge in [0.25, 0.3) is 0 Å². The molecule has 0 saturated carbocycles. The number of benzene rings is 2. The molecule has 0 radical (unpaired) electrons. The molecule has 8 nitrogen and oxygen atoms in total. The van der Waals surface area contributed by atoms with E-state index in [1.165, 1.54) is 7.11 Å². The van der Waals surface area contributed by atoms with E-state index in [1.807, 2.05) is 12.1 Å². The lowest BCUT2D eigenvalue weighted by Gasteiger charge is -2.33. The largest absolute Gasteiger partial charge is 0.481 e. The van der Waals surface area contributed by atoms with Crippen molar-refractivity contribution in [2.45, 2.75) is 31.8 Å². The SMILES string of the molecule is COC(=O)C1=C(CCc2ccccc2CO)NC(CC(=O)O)=C(C(=O)OC)C1c1c(Cl)cccc1Cl. The zero-order valence-corrected chi connectivity index (χ0v) is 21.2. The molecule has 1 atom stereocenters. The van der Waals surface area contributed by atoms with Crippen LogP contribution < -0.4 is 5.32 Å². The van der Waals surface area contributed by atoms with Crippen molar-refractivity contribution in [1.82, 2.24) is 5.32 Å². The fourth-order valence-electron chi connectivity index (χ4n) is 4.29. The van der Waals surface area contributed by atoms with Crippen LogP contribution in [-0.4, -0.2) is 42.3 Å². The highest BCUT2D eigenvalue weighted by atomic mass is 35.5. The van der Waals surface area contributed by atoms with E-state index < -0.39 is 30.2 Å². The zero-order valence-electron chi connectivity index (χ0n) is 19.6. The number of esters is 2. The first kappa shape index (κ1) is 27.3. The van der Waals surface area contributed by atoms with Crippen molar-refractivity contribution in [2.24, 2.45) is 0 Å². The van der Waals surface area contributed by atoms with E-state index in [-0.39, 0.29) is 45.5 Å². The summed E-state index contributed by atoms with van der Waals surface area (Å²) in [6.45, 7) is -0.166. The molecule has 0 aromatic heterocycles. The van der Waals surface area contributed by atoms with Crippen molar-refractivity contribution in [3.63, 3.8) is 0 Å². The van der Waals surface area contributed by atoms with E-state index in [1.54, 1.807) is 30.3 Å². The third-order valence-corrected chi connectivity index (χ3v) is 6.55. The van der Waals surface area contributed by atoms with Gasteiger partial charge in [-0.05, 0) is 36.1 Å². The van der Waals surface area contributed by atoms with Gasteiger partial charge in [-0.15, -0.1) is 0 Å². The van der Waals surface area contributed by atoms with Gasteiger partial charge in [-0.25, -0.2) is 9.59 Å². The molecule has 2 aromatic carbocycles. The van der Waals surface area contributed by atoms with E-state index >= 15 is 0 Å². The minimum atomic E-state index is -1.20. The summed E-state index contributed by atoms with van der Waals surface area (Å²) in [6.07, 6.45) is 0.0855. The van der Waals surface area contributed by atoms with Gasteiger partial charge in [0.15, 0.2) is 0 Å². The fraction of sp³-hybridized carbons (Fsp3) is 0.269. The van der Waals surface area contributed by atoms with Crippen molar-refractivity contribution >= 4 is 41.1 Å². The predicted octanol–water partition coefficient (Wildman–Crippen LogP) is 4.13. The van der Waals surface area contributed by atoms with Crippen LogP contribution in [0.3, 0.4) is 0 Å². The van der Waals surface area contributed by atoms with Gasteiger partial charge in [0.05, 0.1) is 44.3 Å². The third kappa shape index (κ3) is 5.73. The number of hydrogen-bond donors (Lipinski definition) is 3. The van der Waals surface area contributed by atoms with Gasteiger partial charge in [0.1, 0.15) is 0 Å². The highest BCUT2D eigenvalue weighted by Crippen LogP contribution is 2.45. The monoisotopic (exact) mass is 533 g/mol. The number of aryl methyl sites for hydroxylation is 1. The number of dihydropyridines is 1. The Bertz CT molecular complexity index is 1230. The van der Waals surface area contributed by atoms with E-state index in [9.17, 15) is 24.6 Å². The summed E-state index contributed by atoms with van der Waals surface area (Å²) >= 11 is 13.0. The Morgan fingerprint density at radius 3 is 1.94 bits per heavy atom. The molecule has 0 saturated heterocycles. The number of aliphatic carboxylic acids is 1. The second-order valence-corrected chi connectivity index (χ2v) is 8.77. The average Bonchev–Trinajstić information content (AvgIpc) is 2.86. The number of carbonyl (C=O) groups excluding carboxylic acids is 2. The Balaban J connectivity index is 2.27. The summed E-state index contributed by atoms with van der Waals surface area (Å²) in [4.78, 5) is 37.9. The molecule has 0 aliphatic carbocycles. The molecular formula is C26H25Cl2NO7. The summed E-state index contributed by atoms with van der Waals surface area (Å²) in [5.41, 5.74) is 2.16. The number of allylic oxidation sites excluding steroid dienone is 1. The normalized spacial score (nSPS) is 15.4. The average molecular weight is 534 g/mol. The minimum Gasteiger partial charge on any atom is -0.481 e. The van der Waals surface area contributed by atoms with Gasteiger partial charge in [-0.1, -0.05) is 53.5 Å². The van der Waals surface area contributed by atoms with Gasteiger partial charge >= 0.3 is 17.9 Å². The molecule has 0 fully saturated rings. The van der Waals surface area contributed by atoms with Crippen molar-refractivity contribution < 1.29 is 34.1 Å². The summed E-state index contributed by atoms with van der Waals surface area (Å²) in [5, 5.41) is 22.6. The van der Waals surface area contributed by atoms with Crippen LogP contribution in [0.1, 0.15) is 35.4 Å².